The van der Waals surface area contributed by atoms with Crippen LogP contribution in [0.5, 0.6) is 0 Å². The van der Waals surface area contributed by atoms with Gasteiger partial charge in [-0.2, -0.15) is 0 Å². The van der Waals surface area contributed by atoms with Gasteiger partial charge in [0.15, 0.2) is 0 Å². The Balaban J connectivity index is 1.87. The zero-order chi connectivity index (χ0) is 16.8. The van der Waals surface area contributed by atoms with Gasteiger partial charge in [-0.3, -0.25) is 15.6 Å². The zero-order valence-corrected chi connectivity index (χ0v) is 14.2. The summed E-state index contributed by atoms with van der Waals surface area (Å²) in [4.78, 5) is 20.4. The minimum absolute atomic E-state index is 0.121. The number of benzene rings is 1. The molecular weight excluding hydrogens is 288 g/mol. The second kappa shape index (κ2) is 7.72. The number of rotatable bonds is 6. The van der Waals surface area contributed by atoms with Gasteiger partial charge in [0.1, 0.15) is 0 Å². The number of hydrogen-bond acceptors (Lipinski definition) is 4. The molecule has 0 radical (unpaired) electrons. The van der Waals surface area contributed by atoms with Gasteiger partial charge in [0, 0.05) is 11.4 Å². The maximum absolute atomic E-state index is 12.0. The van der Waals surface area contributed by atoms with E-state index in [1.165, 1.54) is 5.56 Å². The van der Waals surface area contributed by atoms with E-state index in [0.717, 1.165) is 23.4 Å². The van der Waals surface area contributed by atoms with E-state index >= 15 is 0 Å². The van der Waals surface area contributed by atoms with E-state index in [1.807, 2.05) is 32.0 Å². The lowest BCUT2D eigenvalue weighted by molar-refractivity contribution is -0.119. The molecule has 122 valence electrons. The van der Waals surface area contributed by atoms with Crippen molar-refractivity contribution >= 4 is 11.9 Å². The van der Waals surface area contributed by atoms with Crippen molar-refractivity contribution in [3.8, 4) is 0 Å². The summed E-state index contributed by atoms with van der Waals surface area (Å²) in [7, 11) is 0. The summed E-state index contributed by atoms with van der Waals surface area (Å²) in [6.45, 7) is 8.17. The third-order valence-electron chi connectivity index (χ3n) is 3.33. The largest absolute Gasteiger partial charge is 0.273 e. The summed E-state index contributed by atoms with van der Waals surface area (Å²) in [6.07, 6.45) is 1.37. The highest BCUT2D eigenvalue weighted by molar-refractivity contribution is 5.79. The molecule has 2 rings (SSSR count). The molecule has 0 fully saturated rings. The summed E-state index contributed by atoms with van der Waals surface area (Å²) in [5, 5.41) is 0. The van der Waals surface area contributed by atoms with E-state index < -0.39 is 0 Å². The molecule has 0 saturated carbocycles. The first-order valence-electron chi connectivity index (χ1n) is 7.87. The first-order valence-corrected chi connectivity index (χ1v) is 7.87. The van der Waals surface area contributed by atoms with Gasteiger partial charge >= 0.3 is 0 Å². The molecule has 2 N–H and O–H groups in total. The molecule has 1 amide bonds. The average molecular weight is 312 g/mol. The van der Waals surface area contributed by atoms with Crippen molar-refractivity contribution in [1.29, 1.82) is 0 Å². The molecule has 0 bridgehead atoms. The third kappa shape index (κ3) is 5.70. The van der Waals surface area contributed by atoms with Crippen LogP contribution in [0.1, 0.15) is 36.4 Å². The number of anilines is 1. The van der Waals surface area contributed by atoms with Gasteiger partial charge < -0.3 is 0 Å². The fourth-order valence-electron chi connectivity index (χ4n) is 2.40. The van der Waals surface area contributed by atoms with Gasteiger partial charge in [-0.05, 0) is 43.4 Å². The lowest BCUT2D eigenvalue weighted by atomic mass is 10.0. The van der Waals surface area contributed by atoms with Crippen LogP contribution < -0.4 is 10.9 Å². The highest BCUT2D eigenvalue weighted by Crippen LogP contribution is 2.10. The summed E-state index contributed by atoms with van der Waals surface area (Å²) in [6, 6.07) is 10.1. The van der Waals surface area contributed by atoms with Crippen molar-refractivity contribution in [3.05, 3.63) is 52.8 Å². The van der Waals surface area contributed by atoms with E-state index in [9.17, 15) is 4.79 Å². The summed E-state index contributed by atoms with van der Waals surface area (Å²) < 4.78 is 0. The molecule has 0 spiro atoms. The number of nitrogens with one attached hydrogen (secondary N) is 2. The van der Waals surface area contributed by atoms with Crippen LogP contribution in [-0.2, 0) is 17.6 Å². The molecular formula is C18H24N4O. The highest BCUT2D eigenvalue weighted by atomic mass is 16.2. The van der Waals surface area contributed by atoms with Crippen LogP contribution in [0.15, 0.2) is 30.3 Å². The molecule has 1 aromatic carbocycles. The predicted octanol–water partition coefficient (Wildman–Crippen LogP) is 2.98. The zero-order valence-electron chi connectivity index (χ0n) is 14.2. The number of hydrazine groups is 1. The topological polar surface area (TPSA) is 66.9 Å². The lowest BCUT2D eigenvalue weighted by Gasteiger charge is -2.09. The molecule has 0 aliphatic rings. The Morgan fingerprint density at radius 1 is 1.04 bits per heavy atom. The summed E-state index contributed by atoms with van der Waals surface area (Å²) in [5.74, 6) is 0.915. The van der Waals surface area contributed by atoms with Crippen LogP contribution >= 0.6 is 0 Å². The number of nitrogens with zero attached hydrogens (tertiary/aromatic N) is 2. The van der Waals surface area contributed by atoms with Crippen LogP contribution in [0.4, 0.5) is 5.95 Å². The fourth-order valence-corrected chi connectivity index (χ4v) is 2.40. The van der Waals surface area contributed by atoms with Gasteiger partial charge in [0.25, 0.3) is 0 Å². The van der Waals surface area contributed by atoms with Crippen LogP contribution in [0, 0.1) is 19.8 Å². The number of aromatic nitrogens is 2. The van der Waals surface area contributed by atoms with Crippen molar-refractivity contribution < 1.29 is 4.79 Å². The minimum atomic E-state index is -0.121. The fraction of sp³-hybridized carbons (Fsp3) is 0.389. The van der Waals surface area contributed by atoms with Gasteiger partial charge in [-0.15, -0.1) is 0 Å². The Bertz CT molecular complexity index is 645. The minimum Gasteiger partial charge on any atom is -0.273 e. The molecule has 23 heavy (non-hydrogen) atoms. The third-order valence-corrected chi connectivity index (χ3v) is 3.33. The van der Waals surface area contributed by atoms with E-state index in [-0.39, 0.29) is 5.91 Å². The SMILES string of the molecule is Cc1cc(C)nc(NNC(=O)Cc2ccc(CC(C)C)cc2)n1. The molecule has 0 unspecified atom stereocenters. The Kier molecular flexibility index (Phi) is 5.68. The molecule has 5 nitrogen and oxygen atoms in total. The van der Waals surface area contributed by atoms with Crippen LogP contribution in [0.25, 0.3) is 0 Å². The maximum atomic E-state index is 12.0. The van der Waals surface area contributed by atoms with E-state index in [0.29, 0.717) is 18.3 Å². The standard InChI is InChI=1S/C18H24N4O/c1-12(2)9-15-5-7-16(8-6-15)11-17(23)21-22-18-19-13(3)10-14(4)20-18/h5-8,10,12H,9,11H2,1-4H3,(H,21,23)(H,19,20,22). The van der Waals surface area contributed by atoms with Gasteiger partial charge in [-0.25, -0.2) is 9.97 Å². The highest BCUT2D eigenvalue weighted by Gasteiger charge is 2.05. The quantitative estimate of drug-likeness (QED) is 0.805. The average Bonchev–Trinajstić information content (AvgIpc) is 2.46. The first kappa shape index (κ1) is 16.9. The number of carbonyl (C=O) groups excluding carboxylic acids is 1. The second-order valence-electron chi connectivity index (χ2n) is 6.24. The normalized spacial score (nSPS) is 10.7. The molecule has 0 aliphatic heterocycles. The number of carbonyl (C=O) groups is 1. The van der Waals surface area contributed by atoms with Gasteiger partial charge in [0.2, 0.25) is 11.9 Å². The van der Waals surface area contributed by atoms with E-state index in [1.54, 1.807) is 0 Å². The molecule has 2 aromatic rings. The van der Waals surface area contributed by atoms with Crippen LogP contribution in [0.2, 0.25) is 0 Å². The first-order chi connectivity index (χ1) is 10.9. The van der Waals surface area contributed by atoms with Crippen molar-refractivity contribution in [2.75, 3.05) is 5.43 Å². The van der Waals surface area contributed by atoms with E-state index in [2.05, 4.69) is 46.8 Å². The predicted molar refractivity (Wildman–Crippen MR) is 92.0 cm³/mol. The monoisotopic (exact) mass is 312 g/mol. The Hall–Kier alpha value is -2.43. The molecule has 1 heterocycles. The van der Waals surface area contributed by atoms with E-state index in [4.69, 9.17) is 0 Å². The number of amides is 1. The van der Waals surface area contributed by atoms with Crippen LogP contribution in [-0.4, -0.2) is 15.9 Å². The summed E-state index contributed by atoms with van der Waals surface area (Å²) >= 11 is 0. The Labute approximate surface area is 137 Å². The lowest BCUT2D eigenvalue weighted by Crippen LogP contribution is -2.31. The molecule has 1 aromatic heterocycles. The smallest absolute Gasteiger partial charge is 0.242 e. The van der Waals surface area contributed by atoms with Crippen molar-refractivity contribution in [1.82, 2.24) is 15.4 Å². The Morgan fingerprint density at radius 2 is 1.61 bits per heavy atom. The molecule has 5 heteroatoms. The van der Waals surface area contributed by atoms with Crippen LogP contribution in [0.3, 0.4) is 0 Å². The molecule has 0 aliphatic carbocycles. The molecule has 0 atom stereocenters. The van der Waals surface area contributed by atoms with Crippen molar-refractivity contribution in [2.24, 2.45) is 5.92 Å². The number of hydrogen-bond donors (Lipinski definition) is 2. The molecule has 0 saturated heterocycles. The van der Waals surface area contributed by atoms with Crippen molar-refractivity contribution in [3.63, 3.8) is 0 Å². The van der Waals surface area contributed by atoms with Gasteiger partial charge in [-0.1, -0.05) is 38.1 Å². The maximum Gasteiger partial charge on any atom is 0.242 e. The van der Waals surface area contributed by atoms with Crippen molar-refractivity contribution in [2.45, 2.75) is 40.5 Å². The van der Waals surface area contributed by atoms with Gasteiger partial charge in [0.05, 0.1) is 6.42 Å². The second-order valence-corrected chi connectivity index (χ2v) is 6.24. The Morgan fingerprint density at radius 3 is 2.17 bits per heavy atom. The summed E-state index contributed by atoms with van der Waals surface area (Å²) in [5.41, 5.74) is 9.39. The number of aryl methyl sites for hydroxylation is 2.